The maximum absolute atomic E-state index is 13.0. The van der Waals surface area contributed by atoms with Crippen LogP contribution in [0.3, 0.4) is 0 Å². The van der Waals surface area contributed by atoms with Gasteiger partial charge in [0.25, 0.3) is 0 Å². The van der Waals surface area contributed by atoms with Crippen LogP contribution in [0.25, 0.3) is 0 Å². The van der Waals surface area contributed by atoms with Gasteiger partial charge in [0.2, 0.25) is 11.8 Å². The van der Waals surface area contributed by atoms with E-state index in [9.17, 15) is 9.59 Å². The number of carbonyl (C=O) groups excluding carboxylic acids is 2. The van der Waals surface area contributed by atoms with Crippen molar-refractivity contribution in [3.8, 4) is 0 Å². The van der Waals surface area contributed by atoms with Crippen LogP contribution in [0.5, 0.6) is 0 Å². The molecule has 2 N–H and O–H groups in total. The topological polar surface area (TPSA) is 100 Å². The number of aryl methyl sites for hydroxylation is 1. The molecule has 0 unspecified atom stereocenters. The fourth-order valence-corrected chi connectivity index (χ4v) is 3.18. The van der Waals surface area contributed by atoms with Crippen molar-refractivity contribution in [3.63, 3.8) is 0 Å². The lowest BCUT2D eigenvalue weighted by atomic mass is 9.93. The molecule has 126 valence electrons. The molecule has 1 saturated heterocycles. The highest BCUT2D eigenvalue weighted by Crippen LogP contribution is 2.41. The van der Waals surface area contributed by atoms with Crippen molar-refractivity contribution in [1.82, 2.24) is 25.4 Å². The highest BCUT2D eigenvalue weighted by atomic mass is 16.5. The van der Waals surface area contributed by atoms with Gasteiger partial charge in [0.1, 0.15) is 17.5 Å². The van der Waals surface area contributed by atoms with E-state index in [1.165, 1.54) is 6.92 Å². The van der Waals surface area contributed by atoms with E-state index in [0.29, 0.717) is 31.3 Å². The lowest BCUT2D eigenvalue weighted by Gasteiger charge is -2.38. The van der Waals surface area contributed by atoms with Gasteiger partial charge in [-0.2, -0.15) is 5.10 Å². The SMILES string of the molecule is CC(=O)N[C@@](C)(C(=O)N1CCO[C@@H](c2n[nH]c(C)n2)C1)C1CC1. The first-order valence-corrected chi connectivity index (χ1v) is 7.99. The summed E-state index contributed by atoms with van der Waals surface area (Å²) in [6.45, 7) is 6.45. The summed E-state index contributed by atoms with van der Waals surface area (Å²) in [5.74, 6) is 1.27. The smallest absolute Gasteiger partial charge is 0.248 e. The third kappa shape index (κ3) is 3.21. The number of carbonyl (C=O) groups is 2. The first-order chi connectivity index (χ1) is 10.9. The molecule has 1 aliphatic heterocycles. The number of hydrogen-bond acceptors (Lipinski definition) is 5. The van der Waals surface area contributed by atoms with Gasteiger partial charge >= 0.3 is 0 Å². The number of ether oxygens (including phenoxy) is 1. The molecular formula is C15H23N5O3. The fraction of sp³-hybridized carbons (Fsp3) is 0.733. The Labute approximate surface area is 135 Å². The maximum atomic E-state index is 13.0. The summed E-state index contributed by atoms with van der Waals surface area (Å²) in [5.41, 5.74) is -0.831. The number of nitrogens with zero attached hydrogens (tertiary/aromatic N) is 3. The molecule has 1 aromatic rings. The molecule has 2 fully saturated rings. The second kappa shape index (κ2) is 5.92. The standard InChI is InChI=1S/C15H23N5O3/c1-9-16-13(19-18-9)12-8-20(6-7-23-12)14(22)15(3,11-4-5-11)17-10(2)21/h11-12H,4-8H2,1-3H3,(H,17,21)(H,16,18,19)/t12-,15-/m1/s1. The molecule has 0 aromatic carbocycles. The van der Waals surface area contributed by atoms with Crippen LogP contribution in [-0.4, -0.2) is 57.1 Å². The first kappa shape index (κ1) is 15.9. The molecule has 1 saturated carbocycles. The zero-order valence-corrected chi connectivity index (χ0v) is 13.8. The summed E-state index contributed by atoms with van der Waals surface area (Å²) in [6, 6.07) is 0. The molecule has 8 nitrogen and oxygen atoms in total. The highest BCUT2D eigenvalue weighted by molar-refractivity contribution is 5.91. The van der Waals surface area contributed by atoms with Crippen molar-refractivity contribution in [2.75, 3.05) is 19.7 Å². The Balaban J connectivity index is 1.74. The third-order valence-electron chi connectivity index (χ3n) is 4.53. The Bertz CT molecular complexity index is 612. The number of H-pyrrole nitrogens is 1. The molecule has 2 aliphatic rings. The van der Waals surface area contributed by atoms with E-state index in [4.69, 9.17) is 4.74 Å². The van der Waals surface area contributed by atoms with Gasteiger partial charge in [-0.05, 0) is 32.6 Å². The molecular weight excluding hydrogens is 298 g/mol. The Kier molecular flexibility index (Phi) is 4.09. The molecule has 8 heteroatoms. The van der Waals surface area contributed by atoms with Crippen molar-refractivity contribution < 1.29 is 14.3 Å². The number of aromatic nitrogens is 3. The number of aromatic amines is 1. The summed E-state index contributed by atoms with van der Waals surface area (Å²) < 4.78 is 5.70. The molecule has 0 spiro atoms. The van der Waals surface area contributed by atoms with Crippen molar-refractivity contribution in [2.45, 2.75) is 45.3 Å². The van der Waals surface area contributed by atoms with Crippen LogP contribution in [0.2, 0.25) is 0 Å². The number of morpholine rings is 1. The van der Waals surface area contributed by atoms with Gasteiger partial charge in [0, 0.05) is 13.5 Å². The van der Waals surface area contributed by atoms with E-state index >= 15 is 0 Å². The lowest BCUT2D eigenvalue weighted by Crippen LogP contribution is -2.60. The molecule has 2 atom stereocenters. The molecule has 2 amide bonds. The average Bonchev–Trinajstić information content (AvgIpc) is 3.28. The summed E-state index contributed by atoms with van der Waals surface area (Å²) in [5, 5.41) is 9.78. The Morgan fingerprint density at radius 2 is 2.17 bits per heavy atom. The Hall–Kier alpha value is -1.96. The minimum Gasteiger partial charge on any atom is -0.366 e. The molecule has 1 aromatic heterocycles. The van der Waals surface area contributed by atoms with Crippen LogP contribution in [0.1, 0.15) is 44.4 Å². The minimum atomic E-state index is -0.831. The molecule has 0 bridgehead atoms. The molecule has 2 heterocycles. The third-order valence-corrected chi connectivity index (χ3v) is 4.53. The van der Waals surface area contributed by atoms with Crippen LogP contribution < -0.4 is 5.32 Å². The van der Waals surface area contributed by atoms with E-state index in [1.807, 2.05) is 13.8 Å². The lowest BCUT2D eigenvalue weighted by molar-refractivity contribution is -0.149. The Morgan fingerprint density at radius 1 is 1.43 bits per heavy atom. The second-order valence-corrected chi connectivity index (χ2v) is 6.55. The second-order valence-electron chi connectivity index (χ2n) is 6.55. The van der Waals surface area contributed by atoms with Gasteiger partial charge in [-0.3, -0.25) is 14.7 Å². The van der Waals surface area contributed by atoms with Crippen molar-refractivity contribution in [3.05, 3.63) is 11.6 Å². The predicted octanol–water partition coefficient (Wildman–Crippen LogP) is 0.318. The molecule has 23 heavy (non-hydrogen) atoms. The first-order valence-electron chi connectivity index (χ1n) is 7.99. The number of nitrogens with one attached hydrogen (secondary N) is 2. The maximum Gasteiger partial charge on any atom is 0.248 e. The quantitative estimate of drug-likeness (QED) is 0.832. The normalized spacial score (nSPS) is 24.1. The van der Waals surface area contributed by atoms with Gasteiger partial charge in [0.15, 0.2) is 5.82 Å². The highest BCUT2D eigenvalue weighted by Gasteiger charge is 2.50. The largest absolute Gasteiger partial charge is 0.366 e. The van der Waals surface area contributed by atoms with Gasteiger partial charge in [-0.15, -0.1) is 0 Å². The zero-order valence-electron chi connectivity index (χ0n) is 13.8. The number of hydrogen-bond donors (Lipinski definition) is 2. The van der Waals surface area contributed by atoms with Gasteiger partial charge < -0.3 is 15.0 Å². The summed E-state index contributed by atoms with van der Waals surface area (Å²) in [7, 11) is 0. The fourth-order valence-electron chi connectivity index (χ4n) is 3.18. The molecule has 0 radical (unpaired) electrons. The van der Waals surface area contributed by atoms with Gasteiger partial charge in [0.05, 0.1) is 13.2 Å². The average molecular weight is 321 g/mol. The van der Waals surface area contributed by atoms with Crippen LogP contribution >= 0.6 is 0 Å². The monoisotopic (exact) mass is 321 g/mol. The summed E-state index contributed by atoms with van der Waals surface area (Å²) >= 11 is 0. The van der Waals surface area contributed by atoms with Crippen LogP contribution in [0.15, 0.2) is 0 Å². The van der Waals surface area contributed by atoms with E-state index in [-0.39, 0.29) is 23.8 Å². The van der Waals surface area contributed by atoms with Crippen LogP contribution in [0, 0.1) is 12.8 Å². The molecule has 3 rings (SSSR count). The van der Waals surface area contributed by atoms with Crippen LogP contribution in [-0.2, 0) is 14.3 Å². The number of rotatable bonds is 4. The summed E-state index contributed by atoms with van der Waals surface area (Å²) in [4.78, 5) is 30.6. The van der Waals surface area contributed by atoms with E-state index in [2.05, 4.69) is 20.5 Å². The van der Waals surface area contributed by atoms with Crippen molar-refractivity contribution in [2.24, 2.45) is 5.92 Å². The van der Waals surface area contributed by atoms with E-state index in [0.717, 1.165) is 12.8 Å². The minimum absolute atomic E-state index is 0.0456. The van der Waals surface area contributed by atoms with Crippen molar-refractivity contribution in [1.29, 1.82) is 0 Å². The van der Waals surface area contributed by atoms with Gasteiger partial charge in [-0.1, -0.05) is 0 Å². The summed E-state index contributed by atoms with van der Waals surface area (Å²) in [6.07, 6.45) is 1.60. The number of amides is 2. The van der Waals surface area contributed by atoms with Crippen molar-refractivity contribution >= 4 is 11.8 Å². The molecule has 1 aliphatic carbocycles. The van der Waals surface area contributed by atoms with E-state index in [1.54, 1.807) is 4.90 Å². The zero-order chi connectivity index (χ0) is 16.6. The predicted molar refractivity (Wildman–Crippen MR) is 81.3 cm³/mol. The Morgan fingerprint density at radius 3 is 2.74 bits per heavy atom. The van der Waals surface area contributed by atoms with E-state index < -0.39 is 5.54 Å². The van der Waals surface area contributed by atoms with Crippen LogP contribution in [0.4, 0.5) is 0 Å². The van der Waals surface area contributed by atoms with Gasteiger partial charge in [-0.25, -0.2) is 4.98 Å².